The Balaban J connectivity index is 1.89. The van der Waals surface area contributed by atoms with Crippen LogP contribution in [0.4, 0.5) is 0 Å². The van der Waals surface area contributed by atoms with Crippen molar-refractivity contribution in [1.29, 1.82) is 0 Å². The zero-order valence-electron chi connectivity index (χ0n) is 17.5. The largest absolute Gasteiger partial charge is 0.504 e. The molecule has 0 aromatic heterocycles. The first-order valence-electron chi connectivity index (χ1n) is 9.71. The topological polar surface area (TPSA) is 206 Å². The Morgan fingerprint density at radius 3 is 1.70 bits per heavy atom. The van der Waals surface area contributed by atoms with E-state index in [9.17, 15) is 45.0 Å². The molecule has 2 rings (SSSR count). The van der Waals surface area contributed by atoms with Crippen molar-refractivity contribution in [2.45, 2.75) is 25.3 Å². The van der Waals surface area contributed by atoms with Gasteiger partial charge in [0.25, 0.3) is 11.8 Å². The van der Waals surface area contributed by atoms with E-state index in [4.69, 9.17) is 0 Å². The van der Waals surface area contributed by atoms with Crippen molar-refractivity contribution in [2.75, 3.05) is 13.7 Å². The Hall–Kier alpha value is -4.35. The number of hydrogen-bond acceptors (Lipinski definition) is 10. The van der Waals surface area contributed by atoms with Crippen LogP contribution in [0.25, 0.3) is 0 Å². The maximum Gasteiger partial charge on any atom is 0.328 e. The number of aromatic hydroxyl groups is 6. The molecule has 0 aliphatic rings. The summed E-state index contributed by atoms with van der Waals surface area (Å²) in [6.45, 7) is 0.169. The zero-order chi connectivity index (χ0) is 24.7. The summed E-state index contributed by atoms with van der Waals surface area (Å²) in [4.78, 5) is 36.5. The second-order valence-corrected chi connectivity index (χ2v) is 7.03. The average molecular weight is 464 g/mol. The van der Waals surface area contributed by atoms with E-state index in [1.165, 1.54) is 0 Å². The normalized spacial score (nSPS) is 11.4. The Labute approximate surface area is 187 Å². The van der Waals surface area contributed by atoms with Crippen molar-refractivity contribution >= 4 is 17.8 Å². The van der Waals surface area contributed by atoms with Crippen molar-refractivity contribution in [1.82, 2.24) is 10.6 Å². The van der Waals surface area contributed by atoms with E-state index >= 15 is 0 Å². The lowest BCUT2D eigenvalue weighted by molar-refractivity contribution is -0.143. The first-order valence-corrected chi connectivity index (χ1v) is 9.71. The van der Waals surface area contributed by atoms with Crippen LogP contribution in [-0.4, -0.2) is 68.1 Å². The van der Waals surface area contributed by atoms with Crippen molar-refractivity contribution in [3.8, 4) is 34.5 Å². The van der Waals surface area contributed by atoms with Gasteiger partial charge in [0.1, 0.15) is 6.04 Å². The van der Waals surface area contributed by atoms with Crippen molar-refractivity contribution in [2.24, 2.45) is 0 Å². The maximum atomic E-state index is 12.4. The number of rotatable bonds is 9. The Bertz CT molecular complexity index is 1010. The number of carbonyl (C=O) groups excluding carboxylic acids is 3. The Morgan fingerprint density at radius 1 is 0.788 bits per heavy atom. The summed E-state index contributed by atoms with van der Waals surface area (Å²) in [5.41, 5.74) is -0.257. The average Bonchev–Trinajstić information content (AvgIpc) is 2.78. The fourth-order valence-electron chi connectivity index (χ4n) is 2.88. The maximum absolute atomic E-state index is 12.4. The van der Waals surface area contributed by atoms with Crippen LogP contribution in [0.1, 0.15) is 40.0 Å². The predicted octanol–water partition coefficient (Wildman–Crippen LogP) is 0.792. The van der Waals surface area contributed by atoms with Crippen LogP contribution in [0.5, 0.6) is 34.5 Å². The third kappa shape index (κ3) is 6.32. The second-order valence-electron chi connectivity index (χ2n) is 7.03. The minimum absolute atomic E-state index is 0.0668. The molecule has 0 fully saturated rings. The van der Waals surface area contributed by atoms with Crippen molar-refractivity contribution in [3.05, 3.63) is 35.4 Å². The summed E-state index contributed by atoms with van der Waals surface area (Å²) in [5.74, 6) is -6.35. The number of hydrogen-bond donors (Lipinski definition) is 8. The second kappa shape index (κ2) is 10.8. The van der Waals surface area contributed by atoms with Crippen LogP contribution in [0.2, 0.25) is 0 Å². The summed E-state index contributed by atoms with van der Waals surface area (Å²) in [6, 6.07) is 2.78. The first kappa shape index (κ1) is 24.9. The van der Waals surface area contributed by atoms with Crippen LogP contribution in [0.3, 0.4) is 0 Å². The van der Waals surface area contributed by atoms with Gasteiger partial charge >= 0.3 is 5.97 Å². The first-order chi connectivity index (χ1) is 15.5. The predicted molar refractivity (Wildman–Crippen MR) is 112 cm³/mol. The number of unbranched alkanes of at least 4 members (excludes halogenated alkanes) is 1. The molecular weight excluding hydrogens is 440 g/mol. The monoisotopic (exact) mass is 464 g/mol. The van der Waals surface area contributed by atoms with Gasteiger partial charge in [0.05, 0.1) is 7.11 Å². The van der Waals surface area contributed by atoms with Crippen LogP contribution in [0, 0.1) is 0 Å². The highest BCUT2D eigenvalue weighted by molar-refractivity contribution is 5.98. The molecule has 0 aliphatic heterocycles. The van der Waals surface area contributed by atoms with Gasteiger partial charge in [0.2, 0.25) is 0 Å². The van der Waals surface area contributed by atoms with Gasteiger partial charge < -0.3 is 46.0 Å². The quantitative estimate of drug-likeness (QED) is 0.149. The van der Waals surface area contributed by atoms with E-state index in [-0.39, 0.29) is 24.1 Å². The van der Waals surface area contributed by atoms with Gasteiger partial charge in [-0.3, -0.25) is 9.59 Å². The highest BCUT2D eigenvalue weighted by Gasteiger charge is 2.23. The van der Waals surface area contributed by atoms with E-state index in [1.807, 2.05) is 0 Å². The van der Waals surface area contributed by atoms with Gasteiger partial charge in [-0.15, -0.1) is 0 Å². The van der Waals surface area contributed by atoms with Crippen LogP contribution in [0.15, 0.2) is 24.3 Å². The highest BCUT2D eigenvalue weighted by Crippen LogP contribution is 2.36. The Kier molecular flexibility index (Phi) is 8.15. The zero-order valence-corrected chi connectivity index (χ0v) is 17.5. The van der Waals surface area contributed by atoms with Crippen molar-refractivity contribution in [3.63, 3.8) is 0 Å². The molecule has 0 saturated carbocycles. The molecule has 0 saturated heterocycles. The smallest absolute Gasteiger partial charge is 0.328 e. The molecule has 0 spiro atoms. The fraction of sp³-hybridized carbons (Fsp3) is 0.286. The fourth-order valence-corrected chi connectivity index (χ4v) is 2.88. The lowest BCUT2D eigenvalue weighted by atomic mass is 10.1. The van der Waals surface area contributed by atoms with Gasteiger partial charge in [-0.25, -0.2) is 4.79 Å². The Morgan fingerprint density at radius 2 is 1.24 bits per heavy atom. The number of methoxy groups -OCH3 is 1. The summed E-state index contributed by atoms with van der Waals surface area (Å²) >= 11 is 0. The summed E-state index contributed by atoms with van der Waals surface area (Å²) in [6.07, 6.45) is 0.912. The molecule has 0 heterocycles. The molecule has 12 nitrogen and oxygen atoms in total. The summed E-state index contributed by atoms with van der Waals surface area (Å²) in [5, 5.41) is 61.6. The third-order valence-electron chi connectivity index (χ3n) is 4.66. The molecule has 178 valence electrons. The lowest BCUT2D eigenvalue weighted by Crippen LogP contribution is -2.41. The molecular formula is C21H24N2O10. The van der Waals surface area contributed by atoms with Crippen LogP contribution in [-0.2, 0) is 9.53 Å². The summed E-state index contributed by atoms with van der Waals surface area (Å²) in [7, 11) is 1.14. The number of nitrogens with one attached hydrogen (secondary N) is 2. The number of phenols is 6. The van der Waals surface area contributed by atoms with Gasteiger partial charge in [-0.05, 0) is 43.5 Å². The van der Waals surface area contributed by atoms with Crippen LogP contribution >= 0.6 is 0 Å². The highest BCUT2D eigenvalue weighted by atomic mass is 16.5. The minimum atomic E-state index is -1.05. The third-order valence-corrected chi connectivity index (χ3v) is 4.66. The molecule has 0 radical (unpaired) electrons. The lowest BCUT2D eigenvalue weighted by Gasteiger charge is -2.17. The molecule has 2 amide bonds. The van der Waals surface area contributed by atoms with E-state index < -0.39 is 58.3 Å². The standard InChI is InChI=1S/C21H24N2O10/c1-33-21(32)12(23-20(31)11-8-15(26)18(29)16(27)9-11)4-2-3-5-22-19(30)10-6-13(24)17(28)14(25)7-10/h6-9,12,24-29H,2-5H2,1H3,(H,22,30)(H,23,31)/t12-/m0/s1. The number of amides is 2. The van der Waals surface area contributed by atoms with Gasteiger partial charge in [-0.1, -0.05) is 0 Å². The molecule has 0 aliphatic carbocycles. The molecule has 12 heteroatoms. The van der Waals surface area contributed by atoms with E-state index in [2.05, 4.69) is 15.4 Å². The molecule has 0 bridgehead atoms. The molecule has 33 heavy (non-hydrogen) atoms. The van der Waals surface area contributed by atoms with E-state index in [1.54, 1.807) is 0 Å². The van der Waals surface area contributed by atoms with E-state index in [0.717, 1.165) is 31.4 Å². The summed E-state index contributed by atoms with van der Waals surface area (Å²) < 4.78 is 4.67. The van der Waals surface area contributed by atoms with Gasteiger partial charge in [0, 0.05) is 17.7 Å². The molecule has 8 N–H and O–H groups in total. The van der Waals surface area contributed by atoms with Crippen molar-refractivity contribution < 1.29 is 49.8 Å². The minimum Gasteiger partial charge on any atom is -0.504 e. The molecule has 1 atom stereocenters. The molecule has 2 aromatic rings. The number of carbonyl (C=O) groups is 3. The number of esters is 1. The van der Waals surface area contributed by atoms with Gasteiger partial charge in [0.15, 0.2) is 34.5 Å². The van der Waals surface area contributed by atoms with Crippen LogP contribution < -0.4 is 10.6 Å². The number of ether oxygens (including phenoxy) is 1. The van der Waals surface area contributed by atoms with Gasteiger partial charge in [-0.2, -0.15) is 0 Å². The SMILES string of the molecule is COC(=O)[C@H](CCCCNC(=O)c1cc(O)c(O)c(O)c1)NC(=O)c1cc(O)c(O)c(O)c1. The molecule has 2 aromatic carbocycles. The number of phenolic OH excluding ortho intramolecular Hbond substituents is 6. The number of benzene rings is 2. The van der Waals surface area contributed by atoms with E-state index in [0.29, 0.717) is 12.8 Å². The molecule has 0 unspecified atom stereocenters.